The standard InChI is InChI=1S/C17H23BF2O4/c1-15(2)16(3,4)24-18(23-15)11-8-12(19)14(13(20)9-11)22-10-17(21)6-5-7-17/h8-9,21H,5-7,10H2,1-4H3. The monoisotopic (exact) mass is 340 g/mol. The molecule has 1 aliphatic heterocycles. The van der Waals surface area contributed by atoms with Crippen molar-refractivity contribution in [1.29, 1.82) is 0 Å². The third kappa shape index (κ3) is 3.05. The van der Waals surface area contributed by atoms with Gasteiger partial charge in [0.25, 0.3) is 0 Å². The van der Waals surface area contributed by atoms with E-state index < -0.39 is 41.3 Å². The van der Waals surface area contributed by atoms with Crippen molar-refractivity contribution < 1.29 is 27.9 Å². The first-order chi connectivity index (χ1) is 11.0. The maximum Gasteiger partial charge on any atom is 0.495 e. The van der Waals surface area contributed by atoms with E-state index in [1.165, 1.54) is 0 Å². The SMILES string of the molecule is CC1(C)OB(c2cc(F)c(OCC3(O)CCC3)c(F)c2)OC1(C)C. The predicted octanol–water partition coefficient (Wildman–Crippen LogP) is 2.56. The average molecular weight is 340 g/mol. The summed E-state index contributed by atoms with van der Waals surface area (Å²) in [4.78, 5) is 0. The normalized spacial score (nSPS) is 23.9. The minimum atomic E-state index is -0.969. The van der Waals surface area contributed by atoms with Crippen LogP contribution in [0.25, 0.3) is 0 Å². The van der Waals surface area contributed by atoms with Crippen LogP contribution in [-0.2, 0) is 9.31 Å². The zero-order valence-electron chi connectivity index (χ0n) is 14.5. The van der Waals surface area contributed by atoms with Crippen molar-refractivity contribution in [3.63, 3.8) is 0 Å². The molecule has 1 aromatic carbocycles. The fraction of sp³-hybridized carbons (Fsp3) is 0.647. The van der Waals surface area contributed by atoms with E-state index in [4.69, 9.17) is 14.0 Å². The summed E-state index contributed by atoms with van der Waals surface area (Å²) in [7, 11) is -0.844. The van der Waals surface area contributed by atoms with Crippen LogP contribution in [0, 0.1) is 11.6 Å². The number of rotatable bonds is 4. The first kappa shape index (κ1) is 17.6. The van der Waals surface area contributed by atoms with E-state index in [-0.39, 0.29) is 12.1 Å². The number of ether oxygens (including phenoxy) is 1. The van der Waals surface area contributed by atoms with Gasteiger partial charge in [0.1, 0.15) is 6.61 Å². The Morgan fingerprint density at radius 1 is 1.08 bits per heavy atom. The first-order valence-electron chi connectivity index (χ1n) is 8.23. The van der Waals surface area contributed by atoms with Crippen molar-refractivity contribution in [2.24, 2.45) is 0 Å². The summed E-state index contributed by atoms with van der Waals surface area (Å²) in [5, 5.41) is 9.99. The molecule has 0 radical (unpaired) electrons. The van der Waals surface area contributed by atoms with Gasteiger partial charge in [-0.25, -0.2) is 8.78 Å². The topological polar surface area (TPSA) is 47.9 Å². The van der Waals surface area contributed by atoms with Gasteiger partial charge in [0.2, 0.25) is 0 Å². The molecule has 0 aromatic heterocycles. The number of benzene rings is 1. The molecule has 132 valence electrons. The van der Waals surface area contributed by atoms with Crippen LogP contribution in [0.4, 0.5) is 8.78 Å². The molecule has 0 unspecified atom stereocenters. The molecular weight excluding hydrogens is 317 g/mol. The Morgan fingerprint density at radius 3 is 2.00 bits per heavy atom. The summed E-state index contributed by atoms with van der Waals surface area (Å²) in [5.41, 5.74) is -1.89. The summed E-state index contributed by atoms with van der Waals surface area (Å²) in [6.45, 7) is 7.37. The first-order valence-corrected chi connectivity index (χ1v) is 8.23. The lowest BCUT2D eigenvalue weighted by atomic mass is 9.79. The number of hydrogen-bond donors (Lipinski definition) is 1. The van der Waals surface area contributed by atoms with Gasteiger partial charge in [0, 0.05) is 0 Å². The van der Waals surface area contributed by atoms with Crippen LogP contribution < -0.4 is 10.2 Å². The van der Waals surface area contributed by atoms with Gasteiger partial charge in [-0.3, -0.25) is 0 Å². The maximum atomic E-state index is 14.3. The van der Waals surface area contributed by atoms with E-state index in [0.29, 0.717) is 12.8 Å². The van der Waals surface area contributed by atoms with Crippen molar-refractivity contribution >= 4 is 12.6 Å². The summed E-state index contributed by atoms with van der Waals surface area (Å²) in [6, 6.07) is 2.32. The summed E-state index contributed by atoms with van der Waals surface area (Å²) < 4.78 is 45.4. The van der Waals surface area contributed by atoms with Gasteiger partial charge < -0.3 is 19.2 Å². The van der Waals surface area contributed by atoms with Gasteiger partial charge in [-0.1, -0.05) is 0 Å². The second-order valence-corrected chi connectivity index (χ2v) is 7.77. The summed E-state index contributed by atoms with van der Waals surface area (Å²) in [5.74, 6) is -2.14. The average Bonchev–Trinajstić information content (AvgIpc) is 2.64. The molecule has 0 atom stereocenters. The zero-order valence-corrected chi connectivity index (χ0v) is 14.5. The molecule has 4 nitrogen and oxygen atoms in total. The lowest BCUT2D eigenvalue weighted by Crippen LogP contribution is -2.43. The van der Waals surface area contributed by atoms with E-state index in [1.54, 1.807) is 0 Å². The maximum absolute atomic E-state index is 14.3. The molecule has 0 amide bonds. The minimum absolute atomic E-state index is 0.114. The molecule has 2 aliphatic rings. The van der Waals surface area contributed by atoms with Crippen molar-refractivity contribution in [3.05, 3.63) is 23.8 Å². The smallest absolute Gasteiger partial charge is 0.485 e. The molecule has 3 rings (SSSR count). The molecule has 24 heavy (non-hydrogen) atoms. The van der Waals surface area contributed by atoms with Crippen LogP contribution in [0.5, 0.6) is 5.75 Å². The van der Waals surface area contributed by atoms with E-state index in [1.807, 2.05) is 27.7 Å². The van der Waals surface area contributed by atoms with Crippen LogP contribution in [0.1, 0.15) is 47.0 Å². The minimum Gasteiger partial charge on any atom is -0.485 e. The Hall–Kier alpha value is -1.18. The molecule has 1 aromatic rings. The largest absolute Gasteiger partial charge is 0.495 e. The van der Waals surface area contributed by atoms with Crippen molar-refractivity contribution in [1.82, 2.24) is 0 Å². The lowest BCUT2D eigenvalue weighted by molar-refractivity contribution is -0.0676. The Bertz CT molecular complexity index is 604. The van der Waals surface area contributed by atoms with E-state index in [9.17, 15) is 13.9 Å². The molecule has 0 bridgehead atoms. The van der Waals surface area contributed by atoms with Gasteiger partial charge in [-0.2, -0.15) is 0 Å². The van der Waals surface area contributed by atoms with Crippen molar-refractivity contribution in [2.75, 3.05) is 6.61 Å². The van der Waals surface area contributed by atoms with Crippen LogP contribution in [-0.4, -0.2) is 35.6 Å². The molecule has 1 aliphatic carbocycles. The van der Waals surface area contributed by atoms with Gasteiger partial charge in [-0.15, -0.1) is 0 Å². The second kappa shape index (κ2) is 5.68. The second-order valence-electron chi connectivity index (χ2n) is 7.77. The molecule has 7 heteroatoms. The third-order valence-electron chi connectivity index (χ3n) is 5.32. The lowest BCUT2D eigenvalue weighted by Gasteiger charge is -2.36. The summed E-state index contributed by atoms with van der Waals surface area (Å²) in [6.07, 6.45) is 2.07. The Labute approximate surface area is 141 Å². The quantitative estimate of drug-likeness (QED) is 0.856. The molecule has 1 N–H and O–H groups in total. The van der Waals surface area contributed by atoms with E-state index >= 15 is 0 Å². The van der Waals surface area contributed by atoms with Crippen LogP contribution in [0.3, 0.4) is 0 Å². The third-order valence-corrected chi connectivity index (χ3v) is 5.32. The highest BCUT2D eigenvalue weighted by Crippen LogP contribution is 2.37. The van der Waals surface area contributed by atoms with Gasteiger partial charge >= 0.3 is 7.12 Å². The Balaban J connectivity index is 1.78. The Kier molecular flexibility index (Phi) is 4.17. The number of hydrogen-bond acceptors (Lipinski definition) is 4. The molecule has 2 fully saturated rings. The number of halogens is 2. The molecular formula is C17H23BF2O4. The van der Waals surface area contributed by atoms with Crippen molar-refractivity contribution in [3.8, 4) is 5.75 Å². The van der Waals surface area contributed by atoms with Crippen LogP contribution in [0.2, 0.25) is 0 Å². The van der Waals surface area contributed by atoms with E-state index in [0.717, 1.165) is 18.6 Å². The molecule has 0 spiro atoms. The number of aliphatic hydroxyl groups is 1. The van der Waals surface area contributed by atoms with Gasteiger partial charge in [0.05, 0.1) is 16.8 Å². The van der Waals surface area contributed by atoms with Crippen molar-refractivity contribution in [2.45, 2.75) is 63.8 Å². The fourth-order valence-electron chi connectivity index (χ4n) is 2.77. The highest BCUT2D eigenvalue weighted by molar-refractivity contribution is 6.62. The van der Waals surface area contributed by atoms with Crippen LogP contribution in [0.15, 0.2) is 12.1 Å². The van der Waals surface area contributed by atoms with Gasteiger partial charge in [0.15, 0.2) is 17.4 Å². The highest BCUT2D eigenvalue weighted by Gasteiger charge is 2.52. The molecule has 1 heterocycles. The van der Waals surface area contributed by atoms with Crippen LogP contribution >= 0.6 is 0 Å². The molecule has 1 saturated heterocycles. The fourth-order valence-corrected chi connectivity index (χ4v) is 2.77. The highest BCUT2D eigenvalue weighted by atomic mass is 19.1. The summed E-state index contributed by atoms with van der Waals surface area (Å²) >= 11 is 0. The van der Waals surface area contributed by atoms with Gasteiger partial charge in [-0.05, 0) is 64.6 Å². The van der Waals surface area contributed by atoms with E-state index in [2.05, 4.69) is 0 Å². The zero-order chi connectivity index (χ0) is 17.8. The predicted molar refractivity (Wildman–Crippen MR) is 86.4 cm³/mol. The molecule has 1 saturated carbocycles. The Morgan fingerprint density at radius 2 is 1.58 bits per heavy atom.